The summed E-state index contributed by atoms with van der Waals surface area (Å²) in [6.07, 6.45) is 6.68. The summed E-state index contributed by atoms with van der Waals surface area (Å²) in [5.74, 6) is 0.614. The quantitative estimate of drug-likeness (QED) is 0.178. The molecule has 2 aliphatic rings. The Hall–Kier alpha value is -0.770. The van der Waals surface area contributed by atoms with Crippen molar-refractivity contribution in [1.82, 2.24) is 9.80 Å². The van der Waals surface area contributed by atoms with Gasteiger partial charge < -0.3 is 19.3 Å². The molecule has 0 radical (unpaired) electrons. The second-order valence-electron chi connectivity index (χ2n) is 9.19. The van der Waals surface area contributed by atoms with Gasteiger partial charge in [0, 0.05) is 68.9 Å². The van der Waals surface area contributed by atoms with Gasteiger partial charge in [-0.2, -0.15) is 0 Å². The Labute approximate surface area is 207 Å². The zero-order chi connectivity index (χ0) is 23.9. The molecule has 0 aromatic rings. The van der Waals surface area contributed by atoms with Gasteiger partial charge in [-0.3, -0.25) is 14.4 Å². The van der Waals surface area contributed by atoms with Crippen molar-refractivity contribution >= 4 is 39.3 Å². The summed E-state index contributed by atoms with van der Waals surface area (Å²) in [7, 11) is 6.03. The predicted octanol–water partition coefficient (Wildman–Crippen LogP) is 3.80. The van der Waals surface area contributed by atoms with Gasteiger partial charge in [0.25, 0.3) is 0 Å². The molecule has 0 bridgehead atoms. The number of esters is 2. The first-order chi connectivity index (χ1) is 16.0. The van der Waals surface area contributed by atoms with E-state index in [4.69, 9.17) is 9.47 Å². The molecule has 2 saturated heterocycles. The third kappa shape index (κ3) is 13.0. The summed E-state index contributed by atoms with van der Waals surface area (Å²) in [4.78, 5) is 41.1. The average Bonchev–Trinajstić information content (AvgIpc) is 3.32. The topological polar surface area (TPSA) is 76.2 Å². The fraction of sp³-hybridized carbons (Fsp3) is 0.875. The van der Waals surface area contributed by atoms with Crippen LogP contribution in [0.5, 0.6) is 0 Å². The van der Waals surface area contributed by atoms with Crippen molar-refractivity contribution in [1.29, 1.82) is 0 Å². The second kappa shape index (κ2) is 16.8. The minimum absolute atomic E-state index is 0.128. The van der Waals surface area contributed by atoms with Crippen molar-refractivity contribution in [3.8, 4) is 0 Å². The van der Waals surface area contributed by atoms with Crippen LogP contribution in [0.1, 0.15) is 64.7 Å². The number of rotatable bonds is 16. The van der Waals surface area contributed by atoms with Crippen LogP contribution >= 0.6 is 21.6 Å². The van der Waals surface area contributed by atoms with Crippen molar-refractivity contribution in [2.24, 2.45) is 5.92 Å². The lowest BCUT2D eigenvalue weighted by Crippen LogP contribution is -2.45. The Morgan fingerprint density at radius 2 is 1.67 bits per heavy atom. The summed E-state index contributed by atoms with van der Waals surface area (Å²) < 4.78 is 10.8. The van der Waals surface area contributed by atoms with Crippen LogP contribution in [0.4, 0.5) is 0 Å². The zero-order valence-corrected chi connectivity index (χ0v) is 22.1. The molecule has 190 valence electrons. The number of piperazine rings is 1. The minimum atomic E-state index is -0.271. The van der Waals surface area contributed by atoms with E-state index in [0.717, 1.165) is 50.7 Å². The van der Waals surface area contributed by atoms with E-state index < -0.39 is 0 Å². The number of ketones is 1. The van der Waals surface area contributed by atoms with Crippen molar-refractivity contribution < 1.29 is 23.9 Å². The van der Waals surface area contributed by atoms with Crippen LogP contribution in [-0.4, -0.2) is 91.5 Å². The van der Waals surface area contributed by atoms with Crippen LogP contribution in [0.2, 0.25) is 0 Å². The van der Waals surface area contributed by atoms with E-state index in [-0.39, 0.29) is 36.9 Å². The second-order valence-corrected chi connectivity index (χ2v) is 12.0. The highest BCUT2D eigenvalue weighted by Crippen LogP contribution is 2.39. The van der Waals surface area contributed by atoms with Crippen LogP contribution in [-0.2, 0) is 23.9 Å². The van der Waals surface area contributed by atoms with Gasteiger partial charge in [-0.25, -0.2) is 0 Å². The van der Waals surface area contributed by atoms with Gasteiger partial charge in [0.15, 0.2) is 0 Å². The number of nitrogens with zero attached hydrogens (tertiary/aromatic N) is 2. The summed E-state index contributed by atoms with van der Waals surface area (Å²) in [5.41, 5.74) is 0. The summed E-state index contributed by atoms with van der Waals surface area (Å²) >= 11 is 0. The minimum Gasteiger partial charge on any atom is -0.465 e. The molecule has 0 aliphatic carbocycles. The average molecular weight is 503 g/mol. The monoisotopic (exact) mass is 502 g/mol. The number of hydrogen-bond acceptors (Lipinski definition) is 9. The standard InChI is InChI=1S/C24H42N2O5S2/c1-3-6-23(28)30-18-20(17-21(27)7-4-5-8-22-10-16-32-33-22)19-31-24(29)9-11-26-14-12-25(2)13-15-26/h20,22H,3-19H2,1-2H3. The highest BCUT2D eigenvalue weighted by atomic mass is 33.1. The van der Waals surface area contributed by atoms with E-state index >= 15 is 0 Å². The third-order valence-corrected chi connectivity index (χ3v) is 9.12. The first-order valence-electron chi connectivity index (χ1n) is 12.5. The largest absolute Gasteiger partial charge is 0.465 e. The van der Waals surface area contributed by atoms with E-state index in [1.54, 1.807) is 0 Å². The number of carbonyl (C=O) groups excluding carboxylic acids is 3. The normalized spacial score (nSPS) is 20.5. The van der Waals surface area contributed by atoms with Crippen molar-refractivity contribution in [2.45, 2.75) is 70.0 Å². The van der Waals surface area contributed by atoms with E-state index in [1.807, 2.05) is 28.5 Å². The summed E-state index contributed by atoms with van der Waals surface area (Å²) in [6, 6.07) is 0. The predicted molar refractivity (Wildman–Crippen MR) is 135 cm³/mol. The lowest BCUT2D eigenvalue weighted by atomic mass is 10.00. The molecule has 0 saturated carbocycles. The molecule has 9 heteroatoms. The maximum absolute atomic E-state index is 12.5. The van der Waals surface area contributed by atoms with Gasteiger partial charge in [0.2, 0.25) is 0 Å². The van der Waals surface area contributed by atoms with E-state index in [0.29, 0.717) is 32.2 Å². The maximum atomic E-state index is 12.5. The van der Waals surface area contributed by atoms with Crippen LogP contribution in [0.15, 0.2) is 0 Å². The Kier molecular flexibility index (Phi) is 14.5. The van der Waals surface area contributed by atoms with Gasteiger partial charge in [0.05, 0.1) is 19.6 Å². The molecule has 2 fully saturated rings. The number of unbranched alkanes of at least 4 members (excludes halogenated alkanes) is 1. The van der Waals surface area contributed by atoms with Crippen molar-refractivity contribution in [2.75, 3.05) is 58.7 Å². The fourth-order valence-electron chi connectivity index (χ4n) is 3.94. The lowest BCUT2D eigenvalue weighted by Gasteiger charge is -2.32. The molecular weight excluding hydrogens is 460 g/mol. The molecule has 2 atom stereocenters. The van der Waals surface area contributed by atoms with Crippen LogP contribution < -0.4 is 0 Å². The smallest absolute Gasteiger partial charge is 0.307 e. The molecule has 2 heterocycles. The molecule has 33 heavy (non-hydrogen) atoms. The third-order valence-electron chi connectivity index (χ3n) is 6.12. The van der Waals surface area contributed by atoms with Gasteiger partial charge in [-0.05, 0) is 32.7 Å². The van der Waals surface area contributed by atoms with Crippen molar-refractivity contribution in [3.05, 3.63) is 0 Å². The SMILES string of the molecule is CCCC(=O)OCC(COC(=O)CCN1CCN(C)CC1)CC(=O)CCCCC1CCSS1. The number of hydrogen-bond donors (Lipinski definition) is 0. The van der Waals surface area contributed by atoms with Crippen LogP contribution in [0.3, 0.4) is 0 Å². The van der Waals surface area contributed by atoms with Gasteiger partial charge in [-0.1, -0.05) is 34.9 Å². The molecule has 2 unspecified atom stereocenters. The number of ether oxygens (including phenoxy) is 2. The Morgan fingerprint density at radius 1 is 0.970 bits per heavy atom. The first kappa shape index (κ1) is 28.5. The van der Waals surface area contributed by atoms with Gasteiger partial charge in [-0.15, -0.1) is 0 Å². The van der Waals surface area contributed by atoms with Gasteiger partial charge in [0.1, 0.15) is 5.78 Å². The molecule has 7 nitrogen and oxygen atoms in total. The number of carbonyl (C=O) groups is 3. The molecule has 0 amide bonds. The van der Waals surface area contributed by atoms with E-state index in [2.05, 4.69) is 16.8 Å². The highest BCUT2D eigenvalue weighted by Gasteiger charge is 2.20. The molecule has 0 aromatic heterocycles. The Bertz CT molecular complexity index is 593. The summed E-state index contributed by atoms with van der Waals surface area (Å²) in [5, 5.41) is 0.737. The molecule has 0 aromatic carbocycles. The Balaban J connectivity index is 1.68. The van der Waals surface area contributed by atoms with Crippen molar-refractivity contribution in [3.63, 3.8) is 0 Å². The first-order valence-corrected chi connectivity index (χ1v) is 14.9. The Morgan fingerprint density at radius 3 is 2.30 bits per heavy atom. The lowest BCUT2D eigenvalue weighted by molar-refractivity contribution is -0.150. The van der Waals surface area contributed by atoms with Crippen LogP contribution in [0, 0.1) is 5.92 Å². The number of likely N-dealkylation sites (N-methyl/N-ethyl adjacent to an activating group) is 1. The van der Waals surface area contributed by atoms with E-state index in [9.17, 15) is 14.4 Å². The molecule has 0 N–H and O–H groups in total. The molecule has 0 spiro atoms. The zero-order valence-electron chi connectivity index (χ0n) is 20.4. The molecule has 2 rings (SSSR count). The highest BCUT2D eigenvalue weighted by molar-refractivity contribution is 8.77. The van der Waals surface area contributed by atoms with E-state index in [1.165, 1.54) is 18.6 Å². The molecular formula is C24H42N2O5S2. The van der Waals surface area contributed by atoms with Gasteiger partial charge >= 0.3 is 11.9 Å². The maximum Gasteiger partial charge on any atom is 0.307 e. The number of Topliss-reactive ketones (excluding diaryl/α,β-unsaturated/α-hetero) is 1. The van der Waals surface area contributed by atoms with Crippen LogP contribution in [0.25, 0.3) is 0 Å². The fourth-order valence-corrected chi connectivity index (χ4v) is 6.97. The summed E-state index contributed by atoms with van der Waals surface area (Å²) in [6.45, 7) is 6.84. The molecule has 2 aliphatic heterocycles.